The van der Waals surface area contributed by atoms with Crippen molar-refractivity contribution in [1.29, 1.82) is 0 Å². The van der Waals surface area contributed by atoms with Gasteiger partial charge in [-0.1, -0.05) is 5.21 Å². The second-order valence-corrected chi connectivity index (χ2v) is 3.12. The molecule has 0 radical (unpaired) electrons. The molecule has 2 heterocycles. The van der Waals surface area contributed by atoms with Gasteiger partial charge in [-0.05, 0) is 24.2 Å². The van der Waals surface area contributed by atoms with Crippen molar-refractivity contribution in [2.75, 3.05) is 5.73 Å². The average Bonchev–Trinajstić information content (AvgIpc) is 2.71. The average molecular weight is 210 g/mol. The molecule has 80 valence electrons. The zero-order valence-electron chi connectivity index (χ0n) is 8.25. The number of hydrogen-bond donors (Lipinski definition) is 2. The van der Waals surface area contributed by atoms with Gasteiger partial charge in [0.15, 0.2) is 0 Å². The van der Waals surface area contributed by atoms with Gasteiger partial charge in [-0.2, -0.15) is 4.68 Å². The summed E-state index contributed by atoms with van der Waals surface area (Å²) in [5, 5.41) is 24.0. The molecule has 0 aliphatic carbocycles. The first kappa shape index (κ1) is 9.59. The maximum atomic E-state index is 9.38. The fourth-order valence-electron chi connectivity index (χ4n) is 1.27. The Morgan fingerprint density at radius 1 is 1.47 bits per heavy atom. The third-order valence-electron chi connectivity index (χ3n) is 2.02. The number of aromatic nitrogens is 5. The Morgan fingerprint density at radius 2 is 2.20 bits per heavy atom. The first-order valence-electron chi connectivity index (χ1n) is 4.30. The zero-order chi connectivity index (χ0) is 11.0. The number of nitrogens with zero attached hydrogens (tertiary/aromatic N) is 5. The van der Waals surface area contributed by atoms with Crippen molar-refractivity contribution < 1.29 is 9.74 Å². The van der Waals surface area contributed by atoms with Crippen LogP contribution in [0.1, 0.15) is 24.4 Å². The first-order chi connectivity index (χ1) is 7.11. The third-order valence-corrected chi connectivity index (χ3v) is 2.02. The van der Waals surface area contributed by atoms with E-state index in [1.165, 1.54) is 4.68 Å². The van der Waals surface area contributed by atoms with Gasteiger partial charge in [-0.3, -0.25) is 0 Å². The number of hydrogen-bond acceptors (Lipinski definition) is 7. The highest BCUT2D eigenvalue weighted by Gasteiger charge is 2.18. The van der Waals surface area contributed by atoms with Crippen LogP contribution >= 0.6 is 0 Å². The summed E-state index contributed by atoms with van der Waals surface area (Å²) in [6, 6.07) is 0. The second-order valence-electron chi connectivity index (χ2n) is 3.12. The van der Waals surface area contributed by atoms with Gasteiger partial charge < -0.3 is 10.8 Å². The summed E-state index contributed by atoms with van der Waals surface area (Å²) < 4.78 is 5.82. The maximum Gasteiger partial charge on any atom is 0.243 e. The Kier molecular flexibility index (Phi) is 2.12. The number of aliphatic hydroxyl groups excluding tert-OH is 1. The topological polar surface area (TPSA) is 116 Å². The minimum atomic E-state index is -0.695. The Labute approximate surface area is 84.6 Å². The molecule has 2 rings (SSSR count). The summed E-state index contributed by atoms with van der Waals surface area (Å²) >= 11 is 0. The summed E-state index contributed by atoms with van der Waals surface area (Å²) in [5.41, 5.74) is 6.62. The molecule has 0 aliphatic rings. The Morgan fingerprint density at radius 3 is 2.67 bits per heavy atom. The summed E-state index contributed by atoms with van der Waals surface area (Å²) in [7, 11) is 0. The van der Waals surface area contributed by atoms with Crippen molar-refractivity contribution >= 4 is 5.82 Å². The smallest absolute Gasteiger partial charge is 0.243 e. The molecule has 0 saturated carbocycles. The lowest BCUT2D eigenvalue weighted by molar-refractivity contribution is 0.193. The monoisotopic (exact) mass is 210 g/mol. The maximum absolute atomic E-state index is 9.38. The van der Waals surface area contributed by atoms with Crippen LogP contribution in [0.15, 0.2) is 4.63 Å². The molecule has 8 nitrogen and oxygen atoms in total. The van der Waals surface area contributed by atoms with Crippen molar-refractivity contribution in [3.05, 3.63) is 11.4 Å². The molecule has 0 saturated heterocycles. The Balaban J connectivity index is 2.51. The van der Waals surface area contributed by atoms with E-state index in [1.54, 1.807) is 13.8 Å². The quantitative estimate of drug-likeness (QED) is 0.692. The van der Waals surface area contributed by atoms with Crippen molar-refractivity contribution in [2.45, 2.75) is 20.0 Å². The molecular weight excluding hydrogens is 200 g/mol. The normalized spacial score (nSPS) is 13.0. The van der Waals surface area contributed by atoms with Gasteiger partial charge in [0.1, 0.15) is 5.69 Å². The largest absolute Gasteiger partial charge is 0.387 e. The molecule has 8 heteroatoms. The molecule has 0 amide bonds. The highest BCUT2D eigenvalue weighted by Crippen LogP contribution is 2.18. The van der Waals surface area contributed by atoms with Gasteiger partial charge in [0.2, 0.25) is 11.6 Å². The molecule has 0 fully saturated rings. The van der Waals surface area contributed by atoms with Crippen molar-refractivity contribution in [2.24, 2.45) is 0 Å². The number of nitrogens with two attached hydrogens (primary N) is 1. The molecule has 2 aromatic heterocycles. The predicted octanol–water partition coefficient (Wildman–Crippen LogP) is -0.406. The fourth-order valence-corrected chi connectivity index (χ4v) is 1.27. The van der Waals surface area contributed by atoms with E-state index in [-0.39, 0.29) is 11.6 Å². The highest BCUT2D eigenvalue weighted by molar-refractivity contribution is 5.44. The Hall–Kier alpha value is -1.96. The molecule has 0 aliphatic heterocycles. The van der Waals surface area contributed by atoms with E-state index in [4.69, 9.17) is 5.73 Å². The summed E-state index contributed by atoms with van der Waals surface area (Å²) in [6.45, 7) is 3.35. The number of anilines is 1. The van der Waals surface area contributed by atoms with E-state index in [1.807, 2.05) is 0 Å². The van der Waals surface area contributed by atoms with Crippen LogP contribution in [0.25, 0.3) is 5.82 Å². The first-order valence-corrected chi connectivity index (χ1v) is 4.30. The van der Waals surface area contributed by atoms with E-state index in [0.717, 1.165) is 0 Å². The van der Waals surface area contributed by atoms with Gasteiger partial charge in [0.25, 0.3) is 0 Å². The van der Waals surface area contributed by atoms with Crippen molar-refractivity contribution in [1.82, 2.24) is 25.3 Å². The highest BCUT2D eigenvalue weighted by atomic mass is 16.6. The number of aliphatic hydroxyl groups is 1. The minimum Gasteiger partial charge on any atom is -0.387 e. The summed E-state index contributed by atoms with van der Waals surface area (Å²) in [4.78, 5) is 0. The lowest BCUT2D eigenvalue weighted by Crippen LogP contribution is -2.04. The van der Waals surface area contributed by atoms with E-state index in [0.29, 0.717) is 11.4 Å². The SMILES string of the molecule is Cc1c([C@@H](C)O)nnn1-c1nonc1N. The molecule has 0 bridgehead atoms. The second kappa shape index (κ2) is 3.31. The predicted molar refractivity (Wildman–Crippen MR) is 49.0 cm³/mol. The van der Waals surface area contributed by atoms with Crippen LogP contribution in [0.3, 0.4) is 0 Å². The van der Waals surface area contributed by atoms with Crippen LogP contribution in [0.2, 0.25) is 0 Å². The molecule has 1 atom stereocenters. The van der Waals surface area contributed by atoms with Crippen molar-refractivity contribution in [3.63, 3.8) is 0 Å². The van der Waals surface area contributed by atoms with E-state index >= 15 is 0 Å². The standard InChI is InChI=1S/C7H10N6O2/c1-3-5(4(2)14)9-12-13(3)7-6(8)10-15-11-7/h4,14H,1-2H3,(H2,8,10)/t4-/m1/s1. The fraction of sp³-hybridized carbons (Fsp3) is 0.429. The van der Waals surface area contributed by atoms with Crippen LogP contribution in [0.5, 0.6) is 0 Å². The number of rotatable bonds is 2. The zero-order valence-corrected chi connectivity index (χ0v) is 8.25. The minimum absolute atomic E-state index is 0.125. The van der Waals surface area contributed by atoms with E-state index in [9.17, 15) is 5.11 Å². The van der Waals surface area contributed by atoms with E-state index < -0.39 is 6.10 Å². The lowest BCUT2D eigenvalue weighted by atomic mass is 10.2. The van der Waals surface area contributed by atoms with Crippen molar-refractivity contribution in [3.8, 4) is 5.82 Å². The molecule has 2 aromatic rings. The van der Waals surface area contributed by atoms with Gasteiger partial charge in [0.05, 0.1) is 11.8 Å². The van der Waals surface area contributed by atoms with Gasteiger partial charge in [0, 0.05) is 0 Å². The third kappa shape index (κ3) is 1.44. The molecular formula is C7H10N6O2. The van der Waals surface area contributed by atoms with E-state index in [2.05, 4.69) is 25.3 Å². The lowest BCUT2D eigenvalue weighted by Gasteiger charge is -2.01. The number of nitrogen functional groups attached to an aromatic ring is 1. The molecule has 0 aromatic carbocycles. The van der Waals surface area contributed by atoms with Crippen LogP contribution in [0, 0.1) is 6.92 Å². The van der Waals surface area contributed by atoms with Crippen LogP contribution in [-0.4, -0.2) is 30.4 Å². The molecule has 0 unspecified atom stereocenters. The van der Waals surface area contributed by atoms with Crippen LogP contribution in [0.4, 0.5) is 5.82 Å². The van der Waals surface area contributed by atoms with Gasteiger partial charge >= 0.3 is 0 Å². The molecule has 3 N–H and O–H groups in total. The van der Waals surface area contributed by atoms with Gasteiger partial charge in [-0.15, -0.1) is 5.10 Å². The van der Waals surface area contributed by atoms with Crippen LogP contribution in [-0.2, 0) is 0 Å². The Bertz CT molecular complexity index is 474. The summed E-state index contributed by atoms with van der Waals surface area (Å²) in [5.74, 6) is 0.395. The van der Waals surface area contributed by atoms with Crippen LogP contribution < -0.4 is 5.73 Å². The molecule has 15 heavy (non-hydrogen) atoms. The summed E-state index contributed by atoms with van der Waals surface area (Å²) in [6.07, 6.45) is -0.695. The molecule has 0 spiro atoms. The van der Waals surface area contributed by atoms with Gasteiger partial charge in [-0.25, -0.2) is 4.63 Å².